The SMILES string of the molecule is COC(=O)c1cc(C#CC2CCNCC2)cs1.COC(=O)c1cc(CCC2CCN(C)CC2)cs1. The highest BCUT2D eigenvalue weighted by atomic mass is 32.1. The molecule has 0 amide bonds. The van der Waals surface area contributed by atoms with Crippen LogP contribution in [0.1, 0.15) is 62.6 Å². The van der Waals surface area contributed by atoms with E-state index in [0.29, 0.717) is 10.8 Å². The standard InChI is InChI=1S/C14H21NO2S.C13H15NO2S/c1-15-7-5-11(6-8-15)3-4-12-9-13(18-10-12)14(16)17-2;1-16-13(15)12-8-11(9-17-12)3-2-10-4-6-14-7-5-10/h9-11H,3-8H2,1-2H3;8-10,14H,4-7H2,1H3. The third kappa shape index (κ3) is 9.08. The Bertz CT molecular complexity index is 1010. The summed E-state index contributed by atoms with van der Waals surface area (Å²) in [5.74, 6) is 7.24. The highest BCUT2D eigenvalue weighted by molar-refractivity contribution is 7.12. The van der Waals surface area contributed by atoms with Crippen molar-refractivity contribution in [2.75, 3.05) is 47.4 Å². The summed E-state index contributed by atoms with van der Waals surface area (Å²) in [6.07, 6.45) is 7.17. The van der Waals surface area contributed by atoms with Gasteiger partial charge in [0.05, 0.1) is 14.2 Å². The van der Waals surface area contributed by atoms with E-state index in [4.69, 9.17) is 4.74 Å². The maximum absolute atomic E-state index is 11.4. The number of nitrogens with one attached hydrogen (secondary N) is 1. The molecular weight excluding hydrogens is 480 g/mol. The van der Waals surface area contributed by atoms with Crippen LogP contribution >= 0.6 is 22.7 Å². The summed E-state index contributed by atoms with van der Waals surface area (Å²) in [5.41, 5.74) is 2.19. The number of carbonyl (C=O) groups excluding carboxylic acids is 2. The molecule has 6 nitrogen and oxygen atoms in total. The van der Waals surface area contributed by atoms with Crippen LogP contribution in [0.5, 0.6) is 0 Å². The van der Waals surface area contributed by atoms with Gasteiger partial charge in [0.15, 0.2) is 0 Å². The summed E-state index contributed by atoms with van der Waals surface area (Å²) in [4.78, 5) is 26.3. The van der Waals surface area contributed by atoms with Gasteiger partial charge in [0, 0.05) is 16.9 Å². The second-order valence-electron chi connectivity index (χ2n) is 9.08. The highest BCUT2D eigenvalue weighted by Gasteiger charge is 2.17. The zero-order valence-corrected chi connectivity index (χ0v) is 22.6. The Morgan fingerprint density at radius 1 is 1.00 bits per heavy atom. The van der Waals surface area contributed by atoms with E-state index in [-0.39, 0.29) is 11.9 Å². The molecule has 0 spiro atoms. The molecule has 2 aromatic heterocycles. The van der Waals surface area contributed by atoms with Crippen LogP contribution in [-0.2, 0) is 15.9 Å². The lowest BCUT2D eigenvalue weighted by molar-refractivity contribution is 0.0597. The minimum atomic E-state index is -0.287. The molecule has 0 aliphatic carbocycles. The number of methoxy groups -OCH3 is 2. The molecule has 2 aliphatic heterocycles. The lowest BCUT2D eigenvalue weighted by Crippen LogP contribution is -2.30. The monoisotopic (exact) mass is 516 g/mol. The van der Waals surface area contributed by atoms with Gasteiger partial charge in [-0.15, -0.1) is 22.7 Å². The summed E-state index contributed by atoms with van der Waals surface area (Å²) in [6, 6.07) is 3.77. The number of thiophene rings is 2. The van der Waals surface area contributed by atoms with Crippen molar-refractivity contribution in [2.45, 2.75) is 38.5 Å². The van der Waals surface area contributed by atoms with E-state index in [1.54, 1.807) is 6.07 Å². The molecule has 35 heavy (non-hydrogen) atoms. The second kappa shape index (κ2) is 14.4. The van der Waals surface area contributed by atoms with E-state index in [1.165, 1.54) is 74.8 Å². The summed E-state index contributed by atoms with van der Waals surface area (Å²) in [5, 5.41) is 7.30. The van der Waals surface area contributed by atoms with Crippen molar-refractivity contribution in [3.63, 3.8) is 0 Å². The molecule has 0 radical (unpaired) electrons. The average molecular weight is 517 g/mol. The first-order valence-electron chi connectivity index (χ1n) is 12.2. The number of piperidine rings is 2. The smallest absolute Gasteiger partial charge is 0.348 e. The summed E-state index contributed by atoms with van der Waals surface area (Å²) >= 11 is 2.87. The Morgan fingerprint density at radius 3 is 2.29 bits per heavy atom. The lowest BCUT2D eigenvalue weighted by Gasteiger charge is -2.28. The number of aryl methyl sites for hydroxylation is 1. The van der Waals surface area contributed by atoms with Gasteiger partial charge >= 0.3 is 11.9 Å². The molecule has 2 aliphatic rings. The maximum Gasteiger partial charge on any atom is 0.348 e. The Balaban J connectivity index is 0.000000196. The second-order valence-corrected chi connectivity index (χ2v) is 10.9. The van der Waals surface area contributed by atoms with E-state index in [0.717, 1.165) is 48.7 Å². The molecule has 2 fully saturated rings. The summed E-state index contributed by atoms with van der Waals surface area (Å²) in [7, 11) is 5.01. The molecule has 8 heteroatoms. The predicted molar refractivity (Wildman–Crippen MR) is 142 cm³/mol. The van der Waals surface area contributed by atoms with Gasteiger partial charge in [-0.25, -0.2) is 9.59 Å². The van der Waals surface area contributed by atoms with Gasteiger partial charge < -0.3 is 19.7 Å². The van der Waals surface area contributed by atoms with E-state index < -0.39 is 0 Å². The molecule has 0 aromatic carbocycles. The zero-order chi connectivity index (χ0) is 25.0. The Morgan fingerprint density at radius 2 is 1.63 bits per heavy atom. The number of esters is 2. The first kappa shape index (κ1) is 27.4. The average Bonchev–Trinajstić information content (AvgIpc) is 3.57. The first-order chi connectivity index (χ1) is 17.0. The molecule has 0 atom stereocenters. The van der Waals surface area contributed by atoms with Crippen LogP contribution in [0, 0.1) is 23.7 Å². The van der Waals surface area contributed by atoms with Crippen molar-refractivity contribution >= 4 is 34.6 Å². The summed E-state index contributed by atoms with van der Waals surface area (Å²) < 4.78 is 9.38. The number of hydrogen-bond donors (Lipinski definition) is 1. The number of likely N-dealkylation sites (tertiary alicyclic amines) is 1. The Kier molecular flexibility index (Phi) is 11.3. The number of ether oxygens (including phenoxy) is 2. The van der Waals surface area contributed by atoms with Crippen LogP contribution in [0.25, 0.3) is 0 Å². The van der Waals surface area contributed by atoms with Crippen LogP contribution in [-0.4, -0.2) is 64.3 Å². The number of rotatable bonds is 5. The molecule has 2 aromatic rings. The van der Waals surface area contributed by atoms with Crippen molar-refractivity contribution in [1.82, 2.24) is 10.2 Å². The Hall–Kier alpha value is -2.18. The highest BCUT2D eigenvalue weighted by Crippen LogP contribution is 2.24. The van der Waals surface area contributed by atoms with Crippen molar-refractivity contribution in [1.29, 1.82) is 0 Å². The van der Waals surface area contributed by atoms with Gasteiger partial charge in [-0.3, -0.25) is 0 Å². The van der Waals surface area contributed by atoms with Crippen molar-refractivity contribution in [3.05, 3.63) is 43.8 Å². The largest absolute Gasteiger partial charge is 0.465 e. The van der Waals surface area contributed by atoms with Gasteiger partial charge in [0.1, 0.15) is 9.75 Å². The fraction of sp³-hybridized carbons (Fsp3) is 0.556. The van der Waals surface area contributed by atoms with Gasteiger partial charge in [0.25, 0.3) is 0 Å². The lowest BCUT2D eigenvalue weighted by atomic mass is 9.91. The number of hydrogen-bond acceptors (Lipinski definition) is 8. The van der Waals surface area contributed by atoms with Gasteiger partial charge in [-0.05, 0) is 101 Å². The first-order valence-corrected chi connectivity index (χ1v) is 14.0. The van der Waals surface area contributed by atoms with Crippen molar-refractivity contribution in [2.24, 2.45) is 11.8 Å². The van der Waals surface area contributed by atoms with Crippen molar-refractivity contribution in [3.8, 4) is 11.8 Å². The minimum Gasteiger partial charge on any atom is -0.465 e. The predicted octanol–water partition coefficient (Wildman–Crippen LogP) is 4.69. The molecule has 2 saturated heterocycles. The molecule has 4 rings (SSSR count). The molecule has 0 bridgehead atoms. The van der Waals surface area contributed by atoms with E-state index >= 15 is 0 Å². The van der Waals surface area contributed by atoms with E-state index in [1.807, 2.05) is 11.4 Å². The van der Waals surface area contributed by atoms with Crippen LogP contribution < -0.4 is 5.32 Å². The van der Waals surface area contributed by atoms with E-state index in [9.17, 15) is 9.59 Å². The van der Waals surface area contributed by atoms with Gasteiger partial charge in [0.2, 0.25) is 0 Å². The number of nitrogens with zero attached hydrogens (tertiary/aromatic N) is 1. The van der Waals surface area contributed by atoms with Gasteiger partial charge in [-0.2, -0.15) is 0 Å². The summed E-state index contributed by atoms with van der Waals surface area (Å²) in [6.45, 7) is 4.55. The van der Waals surface area contributed by atoms with Crippen molar-refractivity contribution < 1.29 is 19.1 Å². The molecule has 1 N–H and O–H groups in total. The third-order valence-corrected chi connectivity index (χ3v) is 8.33. The van der Waals surface area contributed by atoms with Crippen LogP contribution in [0.3, 0.4) is 0 Å². The Labute approximate surface area is 217 Å². The van der Waals surface area contributed by atoms with Crippen LogP contribution in [0.4, 0.5) is 0 Å². The molecule has 0 unspecified atom stereocenters. The zero-order valence-electron chi connectivity index (χ0n) is 20.9. The maximum atomic E-state index is 11.4. The fourth-order valence-corrected chi connectivity index (χ4v) is 5.82. The van der Waals surface area contributed by atoms with Crippen LogP contribution in [0.15, 0.2) is 22.9 Å². The molecule has 190 valence electrons. The fourth-order valence-electron chi connectivity index (χ4n) is 4.20. The van der Waals surface area contributed by atoms with Gasteiger partial charge in [-0.1, -0.05) is 11.8 Å². The molecular formula is C27H36N2O4S2. The third-order valence-electron chi connectivity index (χ3n) is 6.47. The minimum absolute atomic E-state index is 0.217. The van der Waals surface area contributed by atoms with E-state index in [2.05, 4.69) is 39.2 Å². The van der Waals surface area contributed by atoms with Crippen LogP contribution in [0.2, 0.25) is 0 Å². The molecule has 0 saturated carbocycles. The normalized spacial score (nSPS) is 17.0. The quantitative estimate of drug-likeness (QED) is 0.459. The number of carbonyl (C=O) groups is 2. The molecule has 4 heterocycles. The topological polar surface area (TPSA) is 67.9 Å².